The maximum Gasteiger partial charge on any atom is 0.183 e. The fourth-order valence-corrected chi connectivity index (χ4v) is 1.37. The van der Waals surface area contributed by atoms with Gasteiger partial charge in [-0.05, 0) is 13.8 Å². The number of hydrogen-bond donors (Lipinski definition) is 3. The van der Waals surface area contributed by atoms with E-state index in [4.69, 9.17) is 5.84 Å². The number of aromatic nitrogens is 5. The van der Waals surface area contributed by atoms with Crippen LogP contribution in [0.2, 0.25) is 0 Å². The van der Waals surface area contributed by atoms with Gasteiger partial charge >= 0.3 is 0 Å². The lowest BCUT2D eigenvalue weighted by Gasteiger charge is -2.16. The molecule has 0 aromatic carbocycles. The van der Waals surface area contributed by atoms with E-state index in [0.717, 1.165) is 0 Å². The van der Waals surface area contributed by atoms with Crippen LogP contribution in [0.5, 0.6) is 0 Å². The van der Waals surface area contributed by atoms with Crippen molar-refractivity contribution in [1.29, 1.82) is 0 Å². The minimum Gasteiger partial charge on any atom is -0.389 e. The lowest BCUT2D eigenvalue weighted by Crippen LogP contribution is -2.26. The normalized spacial score (nSPS) is 12.0. The van der Waals surface area contributed by atoms with Gasteiger partial charge < -0.3 is 10.5 Å². The first kappa shape index (κ1) is 10.7. The number of fused-ring (bicyclic) bond motifs is 1. The van der Waals surface area contributed by atoms with Gasteiger partial charge in [0.25, 0.3) is 0 Å². The first-order chi connectivity index (χ1) is 7.51. The van der Waals surface area contributed by atoms with Crippen LogP contribution in [-0.2, 0) is 6.54 Å². The molecule has 0 unspecified atom stereocenters. The van der Waals surface area contributed by atoms with Gasteiger partial charge in [0.05, 0.1) is 12.1 Å². The predicted molar refractivity (Wildman–Crippen MR) is 57.2 cm³/mol. The molecule has 2 aromatic rings. The lowest BCUT2D eigenvalue weighted by molar-refractivity contribution is 0.0583. The van der Waals surface area contributed by atoms with Crippen molar-refractivity contribution in [2.45, 2.75) is 26.0 Å². The second-order valence-electron chi connectivity index (χ2n) is 4.10. The highest BCUT2D eigenvalue weighted by atomic mass is 16.3. The molecule has 4 N–H and O–H groups in total. The average molecular weight is 223 g/mol. The molecule has 0 fully saturated rings. The van der Waals surface area contributed by atoms with Gasteiger partial charge in [-0.1, -0.05) is 5.21 Å². The molecule has 0 radical (unpaired) electrons. The van der Waals surface area contributed by atoms with Crippen LogP contribution >= 0.6 is 0 Å². The molecule has 0 aliphatic rings. The molecule has 0 bridgehead atoms. The number of aliphatic hydroxyl groups is 1. The van der Waals surface area contributed by atoms with Crippen LogP contribution in [0.15, 0.2) is 6.33 Å². The zero-order chi connectivity index (χ0) is 11.8. The van der Waals surface area contributed by atoms with Gasteiger partial charge in [-0.25, -0.2) is 20.5 Å². The van der Waals surface area contributed by atoms with E-state index in [1.807, 2.05) is 0 Å². The Morgan fingerprint density at radius 2 is 2.25 bits per heavy atom. The SMILES string of the molecule is CC(C)(O)Cn1nnc2c(NN)ncnc21. The van der Waals surface area contributed by atoms with Gasteiger partial charge in [0, 0.05) is 0 Å². The summed E-state index contributed by atoms with van der Waals surface area (Å²) in [7, 11) is 0. The molecule has 8 nitrogen and oxygen atoms in total. The Morgan fingerprint density at radius 1 is 1.50 bits per heavy atom. The number of nitrogens with one attached hydrogen (secondary N) is 1. The summed E-state index contributed by atoms with van der Waals surface area (Å²) >= 11 is 0. The zero-order valence-electron chi connectivity index (χ0n) is 9.05. The molecule has 86 valence electrons. The molecule has 0 spiro atoms. The van der Waals surface area contributed by atoms with Crippen LogP contribution in [0.1, 0.15) is 13.8 Å². The standard InChI is InChI=1S/C8H13N7O/c1-8(2,16)3-15-7-5(13-14-15)6(12-9)10-4-11-7/h4,16H,3,9H2,1-2H3,(H,10,11,12). The van der Waals surface area contributed by atoms with Gasteiger partial charge in [-0.3, -0.25) is 0 Å². The Morgan fingerprint density at radius 3 is 2.88 bits per heavy atom. The Kier molecular flexibility index (Phi) is 2.44. The zero-order valence-corrected chi connectivity index (χ0v) is 9.05. The van der Waals surface area contributed by atoms with Gasteiger partial charge in [-0.15, -0.1) is 5.10 Å². The van der Waals surface area contributed by atoms with Crippen molar-refractivity contribution in [3.05, 3.63) is 6.33 Å². The van der Waals surface area contributed by atoms with E-state index >= 15 is 0 Å². The van der Waals surface area contributed by atoms with Gasteiger partial charge in [-0.2, -0.15) is 0 Å². The molecule has 2 heterocycles. The quantitative estimate of drug-likeness (QED) is 0.464. The molecule has 0 saturated carbocycles. The minimum atomic E-state index is -0.887. The number of hydrogen-bond acceptors (Lipinski definition) is 7. The Balaban J connectivity index is 2.49. The molecular weight excluding hydrogens is 210 g/mol. The average Bonchev–Trinajstić information content (AvgIpc) is 2.59. The predicted octanol–water partition coefficient (Wildman–Crippen LogP) is -0.722. The van der Waals surface area contributed by atoms with Crippen molar-refractivity contribution >= 4 is 17.0 Å². The highest BCUT2D eigenvalue weighted by molar-refractivity contribution is 5.81. The third-order valence-electron chi connectivity index (χ3n) is 1.97. The van der Waals surface area contributed by atoms with E-state index in [0.29, 0.717) is 23.5 Å². The first-order valence-electron chi connectivity index (χ1n) is 4.74. The van der Waals surface area contributed by atoms with Crippen LogP contribution in [0.3, 0.4) is 0 Å². The van der Waals surface area contributed by atoms with Crippen molar-refractivity contribution in [2.24, 2.45) is 5.84 Å². The topological polar surface area (TPSA) is 115 Å². The van der Waals surface area contributed by atoms with Crippen molar-refractivity contribution in [3.8, 4) is 0 Å². The number of nitrogens with zero attached hydrogens (tertiary/aromatic N) is 5. The van der Waals surface area contributed by atoms with Crippen molar-refractivity contribution < 1.29 is 5.11 Å². The van der Waals surface area contributed by atoms with Crippen LogP contribution in [0.4, 0.5) is 5.82 Å². The van der Waals surface area contributed by atoms with Gasteiger partial charge in [0.2, 0.25) is 0 Å². The highest BCUT2D eigenvalue weighted by Gasteiger charge is 2.18. The molecule has 0 aliphatic carbocycles. The lowest BCUT2D eigenvalue weighted by atomic mass is 10.1. The Labute approximate surface area is 91.5 Å². The highest BCUT2D eigenvalue weighted by Crippen LogP contribution is 2.16. The number of rotatable bonds is 3. The summed E-state index contributed by atoms with van der Waals surface area (Å²) in [5, 5.41) is 17.5. The van der Waals surface area contributed by atoms with E-state index in [-0.39, 0.29) is 0 Å². The molecule has 8 heteroatoms. The monoisotopic (exact) mass is 223 g/mol. The number of nitrogens with two attached hydrogens (primary N) is 1. The van der Waals surface area contributed by atoms with E-state index in [1.165, 1.54) is 11.0 Å². The van der Waals surface area contributed by atoms with Crippen LogP contribution in [0.25, 0.3) is 11.2 Å². The van der Waals surface area contributed by atoms with Crippen LogP contribution in [-0.4, -0.2) is 35.7 Å². The van der Waals surface area contributed by atoms with Crippen molar-refractivity contribution in [1.82, 2.24) is 25.0 Å². The summed E-state index contributed by atoms with van der Waals surface area (Å²) < 4.78 is 1.51. The minimum absolute atomic E-state index is 0.296. The van der Waals surface area contributed by atoms with Crippen LogP contribution in [0, 0.1) is 0 Å². The molecule has 2 rings (SSSR count). The molecular formula is C8H13N7O. The van der Waals surface area contributed by atoms with E-state index in [2.05, 4.69) is 25.7 Å². The van der Waals surface area contributed by atoms with Crippen molar-refractivity contribution in [3.63, 3.8) is 0 Å². The number of nitrogen functional groups attached to an aromatic ring is 1. The number of hydrazine groups is 1. The van der Waals surface area contributed by atoms with E-state index in [9.17, 15) is 5.11 Å². The molecule has 16 heavy (non-hydrogen) atoms. The Hall–Kier alpha value is -1.80. The maximum absolute atomic E-state index is 9.70. The second-order valence-corrected chi connectivity index (χ2v) is 4.10. The summed E-state index contributed by atoms with van der Waals surface area (Å²) in [6.07, 6.45) is 1.36. The van der Waals surface area contributed by atoms with Gasteiger partial charge in [0.1, 0.15) is 6.33 Å². The second kappa shape index (κ2) is 3.65. The largest absolute Gasteiger partial charge is 0.389 e. The molecule has 0 saturated heterocycles. The fraction of sp³-hybridized carbons (Fsp3) is 0.500. The first-order valence-corrected chi connectivity index (χ1v) is 4.74. The molecule has 0 aliphatic heterocycles. The van der Waals surface area contributed by atoms with Crippen molar-refractivity contribution in [2.75, 3.05) is 5.43 Å². The summed E-state index contributed by atoms with van der Waals surface area (Å²) in [5.41, 5.74) is 2.54. The maximum atomic E-state index is 9.70. The van der Waals surface area contributed by atoms with Crippen LogP contribution < -0.4 is 11.3 Å². The molecule has 0 amide bonds. The fourth-order valence-electron chi connectivity index (χ4n) is 1.37. The summed E-state index contributed by atoms with van der Waals surface area (Å²) in [6, 6.07) is 0. The van der Waals surface area contributed by atoms with E-state index < -0.39 is 5.60 Å². The summed E-state index contributed by atoms with van der Waals surface area (Å²) in [4.78, 5) is 7.96. The molecule has 2 aromatic heterocycles. The smallest absolute Gasteiger partial charge is 0.183 e. The third-order valence-corrected chi connectivity index (χ3v) is 1.97. The Bertz CT molecular complexity index is 501. The summed E-state index contributed by atoms with van der Waals surface area (Å²) in [5.74, 6) is 5.69. The molecule has 0 atom stereocenters. The van der Waals surface area contributed by atoms with E-state index in [1.54, 1.807) is 13.8 Å². The van der Waals surface area contributed by atoms with Gasteiger partial charge in [0.15, 0.2) is 17.0 Å². The number of anilines is 1. The third kappa shape index (κ3) is 1.92. The summed E-state index contributed by atoms with van der Waals surface area (Å²) in [6.45, 7) is 3.66.